The van der Waals surface area contributed by atoms with Gasteiger partial charge in [0.1, 0.15) is 5.82 Å². The van der Waals surface area contributed by atoms with Gasteiger partial charge >= 0.3 is 5.97 Å². The van der Waals surface area contributed by atoms with Crippen molar-refractivity contribution < 1.29 is 14.3 Å². The third-order valence-corrected chi connectivity index (χ3v) is 3.15. The number of ether oxygens (including phenoxy) is 1. The molecule has 0 atom stereocenters. The largest absolute Gasteiger partial charge is 0.465 e. The van der Waals surface area contributed by atoms with Crippen molar-refractivity contribution in [2.45, 2.75) is 13.8 Å². The van der Waals surface area contributed by atoms with Gasteiger partial charge in [0.15, 0.2) is 0 Å². The molecule has 21 heavy (non-hydrogen) atoms. The first-order chi connectivity index (χ1) is 10.0. The standard InChI is InChI=1S/C16H16N2O3/c1-10-6-4-5-7-12(10)15(19)18-14-8-11(2)13(9-17-14)16(20)21-3/h4-9H,1-3H3,(H,17,18,19). The number of carbonyl (C=O) groups is 2. The molecule has 108 valence electrons. The third kappa shape index (κ3) is 3.25. The van der Waals surface area contributed by atoms with Crippen LogP contribution in [0.5, 0.6) is 0 Å². The number of benzene rings is 1. The van der Waals surface area contributed by atoms with Crippen LogP contribution in [0.25, 0.3) is 0 Å². The van der Waals surface area contributed by atoms with Crippen LogP contribution in [0.1, 0.15) is 31.8 Å². The Hall–Kier alpha value is -2.69. The van der Waals surface area contributed by atoms with Gasteiger partial charge in [-0.2, -0.15) is 0 Å². The zero-order valence-electron chi connectivity index (χ0n) is 12.1. The van der Waals surface area contributed by atoms with E-state index < -0.39 is 5.97 Å². The van der Waals surface area contributed by atoms with E-state index in [1.165, 1.54) is 13.3 Å². The summed E-state index contributed by atoms with van der Waals surface area (Å²) in [5.41, 5.74) is 2.55. The second-order valence-corrected chi connectivity index (χ2v) is 4.65. The maximum Gasteiger partial charge on any atom is 0.339 e. The third-order valence-electron chi connectivity index (χ3n) is 3.15. The summed E-state index contributed by atoms with van der Waals surface area (Å²) >= 11 is 0. The van der Waals surface area contributed by atoms with Crippen molar-refractivity contribution in [2.24, 2.45) is 0 Å². The summed E-state index contributed by atoms with van der Waals surface area (Å²) < 4.78 is 4.66. The van der Waals surface area contributed by atoms with Gasteiger partial charge in [0.25, 0.3) is 5.91 Å². The molecular weight excluding hydrogens is 268 g/mol. The van der Waals surface area contributed by atoms with E-state index in [2.05, 4.69) is 15.0 Å². The minimum Gasteiger partial charge on any atom is -0.465 e. The average molecular weight is 284 g/mol. The molecule has 1 aromatic carbocycles. The molecule has 0 fully saturated rings. The number of anilines is 1. The van der Waals surface area contributed by atoms with Crippen LogP contribution in [0.15, 0.2) is 36.5 Å². The second kappa shape index (κ2) is 6.17. The zero-order chi connectivity index (χ0) is 15.4. The van der Waals surface area contributed by atoms with Crippen molar-refractivity contribution >= 4 is 17.7 Å². The summed E-state index contributed by atoms with van der Waals surface area (Å²) in [5, 5.41) is 2.72. The number of rotatable bonds is 3. The maximum absolute atomic E-state index is 12.2. The maximum atomic E-state index is 12.2. The molecule has 5 nitrogen and oxygen atoms in total. The fourth-order valence-corrected chi connectivity index (χ4v) is 1.96. The number of esters is 1. The molecule has 0 saturated carbocycles. The molecule has 1 N–H and O–H groups in total. The van der Waals surface area contributed by atoms with E-state index >= 15 is 0 Å². The van der Waals surface area contributed by atoms with Gasteiger partial charge in [-0.25, -0.2) is 9.78 Å². The predicted octanol–water partition coefficient (Wildman–Crippen LogP) is 2.74. The summed E-state index contributed by atoms with van der Waals surface area (Å²) in [6, 6.07) is 8.94. The molecule has 0 unspecified atom stereocenters. The summed E-state index contributed by atoms with van der Waals surface area (Å²) in [5.74, 6) is -0.281. The van der Waals surface area contributed by atoms with Gasteiger partial charge in [0.2, 0.25) is 0 Å². The van der Waals surface area contributed by atoms with Crippen LogP contribution in [-0.4, -0.2) is 24.0 Å². The highest BCUT2D eigenvalue weighted by molar-refractivity contribution is 6.05. The lowest BCUT2D eigenvalue weighted by molar-refractivity contribution is 0.0599. The number of aromatic nitrogens is 1. The quantitative estimate of drug-likeness (QED) is 0.880. The monoisotopic (exact) mass is 284 g/mol. The number of nitrogens with zero attached hydrogens (tertiary/aromatic N) is 1. The first-order valence-electron chi connectivity index (χ1n) is 6.45. The van der Waals surface area contributed by atoms with Crippen LogP contribution in [0.4, 0.5) is 5.82 Å². The fraction of sp³-hybridized carbons (Fsp3) is 0.188. The molecule has 0 aliphatic heterocycles. The number of methoxy groups -OCH3 is 1. The van der Waals surface area contributed by atoms with E-state index in [-0.39, 0.29) is 5.91 Å². The number of hydrogen-bond acceptors (Lipinski definition) is 4. The number of amides is 1. The van der Waals surface area contributed by atoms with Crippen LogP contribution in [0.3, 0.4) is 0 Å². The molecule has 1 amide bonds. The molecule has 1 aromatic heterocycles. The second-order valence-electron chi connectivity index (χ2n) is 4.65. The van der Waals surface area contributed by atoms with Crippen LogP contribution < -0.4 is 5.32 Å². The summed E-state index contributed by atoms with van der Waals surface area (Å²) in [4.78, 5) is 27.7. The van der Waals surface area contributed by atoms with E-state index in [0.29, 0.717) is 22.5 Å². The Morgan fingerprint density at radius 2 is 1.81 bits per heavy atom. The lowest BCUT2D eigenvalue weighted by Crippen LogP contribution is -2.15. The Morgan fingerprint density at radius 3 is 2.43 bits per heavy atom. The van der Waals surface area contributed by atoms with Crippen LogP contribution in [0, 0.1) is 13.8 Å². The number of aryl methyl sites for hydroxylation is 2. The van der Waals surface area contributed by atoms with Crippen LogP contribution in [0.2, 0.25) is 0 Å². The van der Waals surface area contributed by atoms with Gasteiger partial charge in [0, 0.05) is 11.8 Å². The predicted molar refractivity (Wildman–Crippen MR) is 79.4 cm³/mol. The average Bonchev–Trinajstić information content (AvgIpc) is 2.47. The molecule has 0 aliphatic carbocycles. The molecule has 2 aromatic rings. The molecule has 5 heteroatoms. The highest BCUT2D eigenvalue weighted by atomic mass is 16.5. The molecule has 0 aliphatic rings. The minimum atomic E-state index is -0.447. The first kappa shape index (κ1) is 14.7. The van der Waals surface area contributed by atoms with Crippen LogP contribution >= 0.6 is 0 Å². The molecule has 0 spiro atoms. The zero-order valence-corrected chi connectivity index (χ0v) is 12.1. The molecule has 0 radical (unpaired) electrons. The van der Waals surface area contributed by atoms with Crippen LogP contribution in [-0.2, 0) is 4.74 Å². The Kier molecular flexibility index (Phi) is 4.33. The van der Waals surface area contributed by atoms with Crippen molar-refractivity contribution in [1.29, 1.82) is 0 Å². The van der Waals surface area contributed by atoms with Gasteiger partial charge in [-0.15, -0.1) is 0 Å². The lowest BCUT2D eigenvalue weighted by Gasteiger charge is -2.09. The fourth-order valence-electron chi connectivity index (χ4n) is 1.96. The van der Waals surface area contributed by atoms with Crippen molar-refractivity contribution in [3.8, 4) is 0 Å². The smallest absolute Gasteiger partial charge is 0.339 e. The Balaban J connectivity index is 2.21. The topological polar surface area (TPSA) is 68.3 Å². The van der Waals surface area contributed by atoms with E-state index in [1.54, 1.807) is 25.1 Å². The van der Waals surface area contributed by atoms with Gasteiger partial charge in [-0.3, -0.25) is 4.79 Å². The summed E-state index contributed by atoms with van der Waals surface area (Å²) in [6.07, 6.45) is 1.40. The van der Waals surface area contributed by atoms with Gasteiger partial charge in [-0.1, -0.05) is 18.2 Å². The van der Waals surface area contributed by atoms with Crippen molar-refractivity contribution in [1.82, 2.24) is 4.98 Å². The van der Waals surface area contributed by atoms with Gasteiger partial charge < -0.3 is 10.1 Å². The highest BCUT2D eigenvalue weighted by Gasteiger charge is 2.13. The SMILES string of the molecule is COC(=O)c1cnc(NC(=O)c2ccccc2C)cc1C. The van der Waals surface area contributed by atoms with Crippen molar-refractivity contribution in [3.05, 3.63) is 58.8 Å². The van der Waals surface area contributed by atoms with Crippen molar-refractivity contribution in [3.63, 3.8) is 0 Å². The highest BCUT2D eigenvalue weighted by Crippen LogP contribution is 2.15. The molecular formula is C16H16N2O3. The van der Waals surface area contributed by atoms with E-state index in [4.69, 9.17) is 0 Å². The number of pyridine rings is 1. The molecule has 0 saturated heterocycles. The lowest BCUT2D eigenvalue weighted by atomic mass is 10.1. The minimum absolute atomic E-state index is 0.231. The number of hydrogen-bond donors (Lipinski definition) is 1. The Morgan fingerprint density at radius 1 is 1.10 bits per heavy atom. The van der Waals surface area contributed by atoms with Gasteiger partial charge in [-0.05, 0) is 37.1 Å². The van der Waals surface area contributed by atoms with Crippen molar-refractivity contribution in [2.75, 3.05) is 12.4 Å². The van der Waals surface area contributed by atoms with E-state index in [0.717, 1.165) is 5.56 Å². The first-order valence-corrected chi connectivity index (χ1v) is 6.45. The summed E-state index contributed by atoms with van der Waals surface area (Å²) in [7, 11) is 1.32. The Labute approximate surface area is 123 Å². The number of nitrogens with one attached hydrogen (secondary N) is 1. The molecule has 2 rings (SSSR count). The normalized spacial score (nSPS) is 10.0. The molecule has 1 heterocycles. The number of carbonyl (C=O) groups excluding carboxylic acids is 2. The van der Waals surface area contributed by atoms with E-state index in [1.807, 2.05) is 19.1 Å². The summed E-state index contributed by atoms with van der Waals surface area (Å²) in [6.45, 7) is 3.63. The van der Waals surface area contributed by atoms with E-state index in [9.17, 15) is 9.59 Å². The van der Waals surface area contributed by atoms with Gasteiger partial charge in [0.05, 0.1) is 12.7 Å². The Bertz CT molecular complexity index is 696. The molecule has 0 bridgehead atoms.